The second-order valence-corrected chi connectivity index (χ2v) is 14.2. The maximum atomic E-state index is 13.0. The van der Waals surface area contributed by atoms with E-state index in [2.05, 4.69) is 32.6 Å². The summed E-state index contributed by atoms with van der Waals surface area (Å²) in [6.45, 7) is 8.64. The topological polar surface area (TPSA) is 74.6 Å². The summed E-state index contributed by atoms with van der Waals surface area (Å²) in [5, 5.41) is 20.9. The van der Waals surface area contributed by atoms with E-state index in [1.165, 1.54) is 23.8 Å². The first kappa shape index (κ1) is 27.9. The average molecular weight is 554 g/mol. The van der Waals surface area contributed by atoms with Gasteiger partial charge in [0.05, 0.1) is 32.9 Å². The summed E-state index contributed by atoms with van der Waals surface area (Å²) in [5.41, 5.74) is 3.25. The standard InChI is InChI=1S/C29H38Cl2O4S/c1-18(12-14-36(34,35)23-8-11-26(30)27(31)17-23)24-9-10-25-20(5-4-13-29(24,25)3)6-7-21-15-22(32)16-28(33)19(21)2/h6-8,11,17-18,22,24-25,28,32-33H,2,4-5,9-10,12-16H2,1,3H3/b20-6+,21-7-/t18-,22+,24-,25+,28-,29-/m1/s1. The van der Waals surface area contributed by atoms with Crippen molar-refractivity contribution in [2.24, 2.45) is 23.2 Å². The van der Waals surface area contributed by atoms with Gasteiger partial charge in [0.1, 0.15) is 0 Å². The predicted octanol–water partition coefficient (Wildman–Crippen LogP) is 6.93. The van der Waals surface area contributed by atoms with E-state index in [1.54, 1.807) is 0 Å². The highest BCUT2D eigenvalue weighted by Gasteiger charge is 2.50. The number of fused-ring (bicyclic) bond motifs is 1. The number of hydrogen-bond acceptors (Lipinski definition) is 4. The number of sulfone groups is 1. The minimum absolute atomic E-state index is 0.102. The van der Waals surface area contributed by atoms with Gasteiger partial charge in [-0.3, -0.25) is 0 Å². The molecule has 0 heterocycles. The molecule has 1 aromatic rings. The van der Waals surface area contributed by atoms with Gasteiger partial charge < -0.3 is 10.2 Å². The van der Waals surface area contributed by atoms with Crippen molar-refractivity contribution in [2.45, 2.75) is 82.3 Å². The van der Waals surface area contributed by atoms with Crippen LogP contribution in [-0.4, -0.2) is 36.6 Å². The number of rotatable bonds is 6. The molecule has 4 nitrogen and oxygen atoms in total. The van der Waals surface area contributed by atoms with E-state index in [9.17, 15) is 18.6 Å². The first-order valence-electron chi connectivity index (χ1n) is 13.0. The predicted molar refractivity (Wildman–Crippen MR) is 147 cm³/mol. The Morgan fingerprint density at radius 3 is 2.67 bits per heavy atom. The fourth-order valence-electron chi connectivity index (χ4n) is 7.01. The van der Waals surface area contributed by atoms with Crippen molar-refractivity contribution in [3.8, 4) is 0 Å². The Kier molecular flexibility index (Phi) is 8.48. The molecule has 4 rings (SSSR count). The van der Waals surface area contributed by atoms with Crippen molar-refractivity contribution in [3.05, 3.63) is 63.7 Å². The van der Waals surface area contributed by atoms with Gasteiger partial charge in [-0.1, -0.05) is 61.4 Å². The summed E-state index contributed by atoms with van der Waals surface area (Å²) in [4.78, 5) is 0.232. The second kappa shape index (κ2) is 10.9. The van der Waals surface area contributed by atoms with Crippen molar-refractivity contribution in [1.29, 1.82) is 0 Å². The highest BCUT2D eigenvalue weighted by molar-refractivity contribution is 7.91. The van der Waals surface area contributed by atoms with E-state index in [-0.39, 0.29) is 21.1 Å². The van der Waals surface area contributed by atoms with Crippen LogP contribution < -0.4 is 0 Å². The normalized spacial score (nSPS) is 34.2. The Hall–Kier alpha value is -1.11. The van der Waals surface area contributed by atoms with E-state index in [0.29, 0.717) is 42.0 Å². The molecule has 0 aliphatic heterocycles. The van der Waals surface area contributed by atoms with Crippen molar-refractivity contribution >= 4 is 33.0 Å². The highest BCUT2D eigenvalue weighted by Crippen LogP contribution is 2.59. The molecule has 3 fully saturated rings. The van der Waals surface area contributed by atoms with Gasteiger partial charge in [0, 0.05) is 6.42 Å². The molecule has 198 valence electrons. The molecule has 0 saturated heterocycles. The summed E-state index contributed by atoms with van der Waals surface area (Å²) in [7, 11) is -3.43. The Balaban J connectivity index is 1.46. The zero-order valence-corrected chi connectivity index (χ0v) is 23.5. The summed E-state index contributed by atoms with van der Waals surface area (Å²) < 4.78 is 26.0. The smallest absolute Gasteiger partial charge is 0.178 e. The van der Waals surface area contributed by atoms with Crippen molar-refractivity contribution in [1.82, 2.24) is 0 Å². The van der Waals surface area contributed by atoms with Crippen LogP contribution in [0.25, 0.3) is 0 Å². The minimum atomic E-state index is -3.43. The highest BCUT2D eigenvalue weighted by atomic mass is 35.5. The van der Waals surface area contributed by atoms with Gasteiger partial charge in [-0.25, -0.2) is 8.42 Å². The van der Waals surface area contributed by atoms with Crippen LogP contribution in [0.2, 0.25) is 10.0 Å². The molecule has 0 radical (unpaired) electrons. The molecule has 0 unspecified atom stereocenters. The molecule has 3 aliphatic carbocycles. The third-order valence-electron chi connectivity index (χ3n) is 9.08. The van der Waals surface area contributed by atoms with E-state index < -0.39 is 22.0 Å². The van der Waals surface area contributed by atoms with Gasteiger partial charge in [-0.2, -0.15) is 0 Å². The van der Waals surface area contributed by atoms with Crippen molar-refractivity contribution < 1.29 is 18.6 Å². The zero-order chi connectivity index (χ0) is 26.3. The summed E-state index contributed by atoms with van der Waals surface area (Å²) in [6, 6.07) is 4.52. The molecule has 36 heavy (non-hydrogen) atoms. The van der Waals surface area contributed by atoms with Gasteiger partial charge in [-0.15, -0.1) is 0 Å². The fraction of sp³-hybridized carbons (Fsp3) is 0.586. The van der Waals surface area contributed by atoms with Crippen LogP contribution in [0.3, 0.4) is 0 Å². The van der Waals surface area contributed by atoms with Gasteiger partial charge in [-0.05, 0) is 97.5 Å². The van der Waals surface area contributed by atoms with Crippen LogP contribution in [0, 0.1) is 23.2 Å². The molecule has 0 bridgehead atoms. The first-order chi connectivity index (χ1) is 16.9. The Morgan fingerprint density at radius 1 is 1.19 bits per heavy atom. The second-order valence-electron chi connectivity index (χ2n) is 11.3. The average Bonchev–Trinajstić information content (AvgIpc) is 3.18. The Bertz CT molecular complexity index is 1170. The summed E-state index contributed by atoms with van der Waals surface area (Å²) >= 11 is 12.0. The lowest BCUT2D eigenvalue weighted by molar-refractivity contribution is 0.0861. The third-order valence-corrected chi connectivity index (χ3v) is 11.6. The molecular weight excluding hydrogens is 515 g/mol. The molecule has 0 amide bonds. The zero-order valence-electron chi connectivity index (χ0n) is 21.2. The van der Waals surface area contributed by atoms with Gasteiger partial charge in [0.2, 0.25) is 0 Å². The van der Waals surface area contributed by atoms with E-state index in [0.717, 1.165) is 43.3 Å². The number of benzene rings is 1. The molecule has 0 spiro atoms. The lowest BCUT2D eigenvalue weighted by Crippen LogP contribution is -2.36. The van der Waals surface area contributed by atoms with Crippen molar-refractivity contribution in [3.63, 3.8) is 0 Å². The van der Waals surface area contributed by atoms with E-state index in [4.69, 9.17) is 23.2 Å². The van der Waals surface area contributed by atoms with Gasteiger partial charge in [0.15, 0.2) is 9.84 Å². The van der Waals surface area contributed by atoms with Gasteiger partial charge in [0.25, 0.3) is 0 Å². The van der Waals surface area contributed by atoms with Crippen LogP contribution in [0.5, 0.6) is 0 Å². The maximum absolute atomic E-state index is 13.0. The maximum Gasteiger partial charge on any atom is 0.178 e. The van der Waals surface area contributed by atoms with Gasteiger partial charge >= 0.3 is 0 Å². The molecule has 3 saturated carbocycles. The summed E-state index contributed by atoms with van der Waals surface area (Å²) in [5.74, 6) is 1.34. The lowest BCUT2D eigenvalue weighted by Gasteiger charge is -2.44. The molecule has 6 atom stereocenters. The number of aliphatic hydroxyl groups is 2. The molecular formula is C29H38Cl2O4S. The van der Waals surface area contributed by atoms with Crippen LogP contribution in [-0.2, 0) is 9.84 Å². The van der Waals surface area contributed by atoms with E-state index >= 15 is 0 Å². The number of halogens is 2. The first-order valence-corrected chi connectivity index (χ1v) is 15.5. The third kappa shape index (κ3) is 5.66. The van der Waals surface area contributed by atoms with Crippen LogP contribution in [0.15, 0.2) is 58.5 Å². The SMILES string of the molecule is C=C1/C(=C\C=C2/CCC[C@]3(C)[C@@H]([C@H](C)CCS(=O)(=O)c4ccc(Cl)c(Cl)c4)CC[C@@H]23)C[C@H](O)C[C@H]1O. The largest absolute Gasteiger partial charge is 0.393 e. The number of aliphatic hydroxyl groups excluding tert-OH is 2. The molecule has 1 aromatic carbocycles. The van der Waals surface area contributed by atoms with Crippen molar-refractivity contribution in [2.75, 3.05) is 5.75 Å². The van der Waals surface area contributed by atoms with Crippen LogP contribution in [0.4, 0.5) is 0 Å². The molecule has 7 heteroatoms. The summed E-state index contributed by atoms with van der Waals surface area (Å²) in [6.07, 6.45) is 10.2. The quantitative estimate of drug-likeness (QED) is 0.401. The monoisotopic (exact) mass is 552 g/mol. The van der Waals surface area contributed by atoms with Crippen LogP contribution >= 0.6 is 23.2 Å². The minimum Gasteiger partial charge on any atom is -0.393 e. The number of allylic oxidation sites excluding steroid dienone is 3. The van der Waals surface area contributed by atoms with E-state index in [1.807, 2.05) is 0 Å². The molecule has 0 aromatic heterocycles. The Morgan fingerprint density at radius 2 is 1.94 bits per heavy atom. The lowest BCUT2D eigenvalue weighted by atomic mass is 9.61. The number of hydrogen-bond donors (Lipinski definition) is 2. The fourth-order valence-corrected chi connectivity index (χ4v) is 8.86. The Labute approximate surface area is 226 Å². The molecule has 2 N–H and O–H groups in total. The molecule has 3 aliphatic rings. The van der Waals surface area contributed by atoms with Crippen LogP contribution in [0.1, 0.15) is 65.2 Å².